The van der Waals surface area contributed by atoms with Crippen molar-refractivity contribution in [3.8, 4) is 11.5 Å². The molecule has 2 aromatic carbocycles. The zero-order valence-electron chi connectivity index (χ0n) is 11.3. The average Bonchev–Trinajstić information content (AvgIpc) is 2.87. The summed E-state index contributed by atoms with van der Waals surface area (Å²) in [4.78, 5) is 12.4. The van der Waals surface area contributed by atoms with Gasteiger partial charge in [0, 0.05) is 12.1 Å². The third kappa shape index (κ3) is 1.89. The first kappa shape index (κ1) is 12.1. The van der Waals surface area contributed by atoms with Gasteiger partial charge < -0.3 is 20.5 Å². The zero-order valence-corrected chi connectivity index (χ0v) is 11.3. The van der Waals surface area contributed by atoms with Gasteiger partial charge >= 0.3 is 0 Å². The maximum absolute atomic E-state index is 12.4. The number of ether oxygens (including phenoxy) is 2. The van der Waals surface area contributed by atoms with Gasteiger partial charge in [-0.25, -0.2) is 0 Å². The maximum Gasteiger partial charge on any atom is 0.232 e. The average molecular weight is 282 g/mol. The second kappa shape index (κ2) is 4.41. The fraction of sp³-hybridized carbons (Fsp3) is 0.188. The first-order valence-corrected chi connectivity index (χ1v) is 6.80. The number of nitrogen functional groups attached to an aromatic ring is 1. The molecule has 0 radical (unpaired) electrons. The Balaban J connectivity index is 1.56. The van der Waals surface area contributed by atoms with Crippen LogP contribution in [0.1, 0.15) is 17.0 Å². The van der Waals surface area contributed by atoms with Crippen molar-refractivity contribution >= 4 is 17.3 Å². The van der Waals surface area contributed by atoms with Gasteiger partial charge in [0.1, 0.15) is 0 Å². The highest BCUT2D eigenvalue weighted by molar-refractivity contribution is 6.00. The molecule has 0 fully saturated rings. The Hall–Kier alpha value is -2.69. The van der Waals surface area contributed by atoms with Crippen molar-refractivity contribution in [1.29, 1.82) is 0 Å². The molecule has 21 heavy (non-hydrogen) atoms. The van der Waals surface area contributed by atoms with Crippen LogP contribution in [0, 0.1) is 0 Å². The van der Waals surface area contributed by atoms with E-state index in [2.05, 4.69) is 5.32 Å². The number of nitrogens with one attached hydrogen (secondary N) is 1. The number of carbonyl (C=O) groups is 1. The van der Waals surface area contributed by atoms with Gasteiger partial charge in [-0.3, -0.25) is 4.79 Å². The maximum atomic E-state index is 12.4. The topological polar surface area (TPSA) is 73.6 Å². The van der Waals surface area contributed by atoms with Gasteiger partial charge in [0.05, 0.1) is 17.3 Å². The van der Waals surface area contributed by atoms with E-state index in [1.165, 1.54) is 5.56 Å². The van der Waals surface area contributed by atoms with Crippen molar-refractivity contribution in [2.75, 3.05) is 17.8 Å². The number of fused-ring (bicyclic) bond motifs is 2. The van der Waals surface area contributed by atoms with Crippen molar-refractivity contribution in [2.45, 2.75) is 12.3 Å². The molecule has 1 unspecified atom stereocenters. The Morgan fingerprint density at radius 2 is 1.95 bits per heavy atom. The van der Waals surface area contributed by atoms with Gasteiger partial charge in [0.2, 0.25) is 12.7 Å². The molecule has 4 rings (SSSR count). The molecule has 5 heteroatoms. The SMILES string of the molecule is Nc1cc2c(cc1NC(=O)C1Cc3ccccc31)OCO2. The Morgan fingerprint density at radius 1 is 1.19 bits per heavy atom. The largest absolute Gasteiger partial charge is 0.454 e. The van der Waals surface area contributed by atoms with Crippen molar-refractivity contribution in [3.63, 3.8) is 0 Å². The molecule has 0 bridgehead atoms. The van der Waals surface area contributed by atoms with Gasteiger partial charge in [0.15, 0.2) is 11.5 Å². The molecule has 0 aromatic heterocycles. The minimum atomic E-state index is -0.106. The summed E-state index contributed by atoms with van der Waals surface area (Å²) in [5.74, 6) is 1.07. The lowest BCUT2D eigenvalue weighted by Gasteiger charge is -2.29. The molecule has 1 amide bonds. The number of hydrogen-bond donors (Lipinski definition) is 2. The van der Waals surface area contributed by atoms with E-state index in [4.69, 9.17) is 15.2 Å². The molecule has 2 aliphatic rings. The number of hydrogen-bond acceptors (Lipinski definition) is 4. The zero-order chi connectivity index (χ0) is 14.4. The number of rotatable bonds is 2. The van der Waals surface area contributed by atoms with Crippen molar-refractivity contribution in [2.24, 2.45) is 0 Å². The van der Waals surface area contributed by atoms with E-state index in [0.29, 0.717) is 22.9 Å². The highest BCUT2D eigenvalue weighted by atomic mass is 16.7. The van der Waals surface area contributed by atoms with E-state index in [-0.39, 0.29) is 18.6 Å². The van der Waals surface area contributed by atoms with Crippen LogP contribution in [-0.2, 0) is 11.2 Å². The van der Waals surface area contributed by atoms with Crippen LogP contribution < -0.4 is 20.5 Å². The summed E-state index contributed by atoms with van der Waals surface area (Å²) in [6.07, 6.45) is 0.770. The third-order valence-corrected chi connectivity index (χ3v) is 3.97. The van der Waals surface area contributed by atoms with Gasteiger partial charge in [-0.15, -0.1) is 0 Å². The molecule has 1 heterocycles. The lowest BCUT2D eigenvalue weighted by Crippen LogP contribution is -2.30. The minimum Gasteiger partial charge on any atom is -0.454 e. The van der Waals surface area contributed by atoms with E-state index in [9.17, 15) is 4.79 Å². The Morgan fingerprint density at radius 3 is 2.76 bits per heavy atom. The Bertz CT molecular complexity index is 742. The van der Waals surface area contributed by atoms with Crippen LogP contribution in [0.3, 0.4) is 0 Å². The predicted molar refractivity (Wildman–Crippen MR) is 78.5 cm³/mol. The summed E-state index contributed by atoms with van der Waals surface area (Å²) in [6, 6.07) is 11.4. The van der Waals surface area contributed by atoms with Crippen LogP contribution in [-0.4, -0.2) is 12.7 Å². The molecule has 0 saturated heterocycles. The summed E-state index contributed by atoms with van der Waals surface area (Å²) < 4.78 is 10.6. The molecule has 3 N–H and O–H groups in total. The van der Waals surface area contributed by atoms with Crippen LogP contribution in [0.5, 0.6) is 11.5 Å². The third-order valence-electron chi connectivity index (χ3n) is 3.97. The minimum absolute atomic E-state index is 0.0423. The number of benzene rings is 2. The van der Waals surface area contributed by atoms with Gasteiger partial charge in [-0.05, 0) is 17.5 Å². The monoisotopic (exact) mass is 282 g/mol. The molecule has 1 aliphatic heterocycles. The van der Waals surface area contributed by atoms with Crippen LogP contribution >= 0.6 is 0 Å². The summed E-state index contributed by atoms with van der Waals surface area (Å²) >= 11 is 0. The summed E-state index contributed by atoms with van der Waals surface area (Å²) in [7, 11) is 0. The van der Waals surface area contributed by atoms with E-state index in [1.54, 1.807) is 12.1 Å². The summed E-state index contributed by atoms with van der Waals surface area (Å²) in [5.41, 5.74) is 9.31. The number of nitrogens with two attached hydrogens (primary N) is 1. The van der Waals surface area contributed by atoms with Crippen LogP contribution in [0.15, 0.2) is 36.4 Å². The van der Waals surface area contributed by atoms with E-state index in [1.807, 2.05) is 24.3 Å². The highest BCUT2D eigenvalue weighted by Gasteiger charge is 2.32. The molecular weight excluding hydrogens is 268 g/mol. The summed E-state index contributed by atoms with van der Waals surface area (Å²) in [5, 5.41) is 2.88. The van der Waals surface area contributed by atoms with Crippen LogP contribution in [0.2, 0.25) is 0 Å². The number of anilines is 2. The fourth-order valence-electron chi connectivity index (χ4n) is 2.78. The normalized spacial score (nSPS) is 17.8. The van der Waals surface area contributed by atoms with Crippen molar-refractivity contribution in [3.05, 3.63) is 47.5 Å². The van der Waals surface area contributed by atoms with Crippen LogP contribution in [0.25, 0.3) is 0 Å². The number of amides is 1. The van der Waals surface area contributed by atoms with Gasteiger partial charge in [0.25, 0.3) is 0 Å². The standard InChI is InChI=1S/C16H14N2O3/c17-12-6-14-15(21-8-20-14)7-13(12)18-16(19)11-5-9-3-1-2-4-10(9)11/h1-4,6-7,11H,5,8,17H2,(H,18,19). The quantitative estimate of drug-likeness (QED) is 0.829. The molecule has 0 saturated carbocycles. The first-order valence-electron chi connectivity index (χ1n) is 6.80. The number of carbonyl (C=O) groups excluding carboxylic acids is 1. The lowest BCUT2D eigenvalue weighted by molar-refractivity contribution is -0.118. The predicted octanol–water partition coefficient (Wildman–Crippen LogP) is 2.28. The smallest absolute Gasteiger partial charge is 0.232 e. The fourth-order valence-corrected chi connectivity index (χ4v) is 2.78. The first-order chi connectivity index (χ1) is 10.2. The van der Waals surface area contributed by atoms with Crippen LogP contribution in [0.4, 0.5) is 11.4 Å². The molecule has 106 valence electrons. The molecule has 5 nitrogen and oxygen atoms in total. The van der Waals surface area contributed by atoms with Crippen molar-refractivity contribution in [1.82, 2.24) is 0 Å². The molecule has 0 spiro atoms. The molecular formula is C16H14N2O3. The second-order valence-electron chi connectivity index (χ2n) is 5.24. The van der Waals surface area contributed by atoms with E-state index >= 15 is 0 Å². The van der Waals surface area contributed by atoms with E-state index in [0.717, 1.165) is 12.0 Å². The van der Waals surface area contributed by atoms with Crippen molar-refractivity contribution < 1.29 is 14.3 Å². The molecule has 1 atom stereocenters. The van der Waals surface area contributed by atoms with Gasteiger partial charge in [-0.1, -0.05) is 24.3 Å². The Kier molecular flexibility index (Phi) is 2.54. The molecule has 2 aromatic rings. The highest BCUT2D eigenvalue weighted by Crippen LogP contribution is 2.40. The molecule has 1 aliphatic carbocycles. The second-order valence-corrected chi connectivity index (χ2v) is 5.24. The lowest BCUT2D eigenvalue weighted by atomic mass is 9.77. The Labute approximate surface area is 121 Å². The van der Waals surface area contributed by atoms with E-state index < -0.39 is 0 Å². The summed E-state index contributed by atoms with van der Waals surface area (Å²) in [6.45, 7) is 0.183. The van der Waals surface area contributed by atoms with Gasteiger partial charge in [-0.2, -0.15) is 0 Å².